The minimum Gasteiger partial charge on any atom is -0.497 e. The third-order valence-corrected chi connectivity index (χ3v) is 4.32. The van der Waals surface area contributed by atoms with Crippen molar-refractivity contribution in [3.05, 3.63) is 54.6 Å². The highest BCUT2D eigenvalue weighted by Gasteiger charge is 2.08. The summed E-state index contributed by atoms with van der Waals surface area (Å²) in [6, 6.07) is 17.4. The van der Waals surface area contributed by atoms with Gasteiger partial charge in [-0.15, -0.1) is 11.8 Å². The van der Waals surface area contributed by atoms with E-state index in [1.54, 1.807) is 18.9 Å². The van der Waals surface area contributed by atoms with Gasteiger partial charge >= 0.3 is 0 Å². The smallest absolute Gasteiger partial charge is 0.221 e. The highest BCUT2D eigenvalue weighted by atomic mass is 32.2. The third kappa shape index (κ3) is 6.54. The first-order chi connectivity index (χ1) is 11.7. The van der Waals surface area contributed by atoms with E-state index in [2.05, 4.69) is 5.32 Å². The molecule has 0 bridgehead atoms. The zero-order valence-electron chi connectivity index (χ0n) is 14.0. The average molecular weight is 345 g/mol. The van der Waals surface area contributed by atoms with Crippen LogP contribution in [0.25, 0.3) is 0 Å². The summed E-state index contributed by atoms with van der Waals surface area (Å²) in [6.07, 6.45) is 0.492. The minimum atomic E-state index is -0.0404. The van der Waals surface area contributed by atoms with Crippen LogP contribution in [-0.4, -0.2) is 31.4 Å². The number of methoxy groups -OCH3 is 1. The number of nitrogens with one attached hydrogen (secondary N) is 1. The first kappa shape index (κ1) is 18.2. The molecule has 0 heterocycles. The van der Waals surface area contributed by atoms with Crippen LogP contribution in [0, 0.1) is 0 Å². The van der Waals surface area contributed by atoms with Crippen LogP contribution >= 0.6 is 11.8 Å². The molecule has 0 spiro atoms. The maximum atomic E-state index is 11.9. The summed E-state index contributed by atoms with van der Waals surface area (Å²) in [5, 5.41) is 2.96. The minimum absolute atomic E-state index is 0.0404. The lowest BCUT2D eigenvalue weighted by molar-refractivity contribution is -0.121. The SMILES string of the molecule is COc1ccc(OC[C@H](C)NC(=O)CCSc2ccccc2)cc1. The van der Waals surface area contributed by atoms with Crippen molar-refractivity contribution in [3.63, 3.8) is 0 Å². The molecule has 5 heteroatoms. The Morgan fingerprint density at radius 2 is 1.75 bits per heavy atom. The van der Waals surface area contributed by atoms with Crippen molar-refractivity contribution in [3.8, 4) is 11.5 Å². The van der Waals surface area contributed by atoms with Crippen molar-refractivity contribution < 1.29 is 14.3 Å². The summed E-state index contributed by atoms with van der Waals surface area (Å²) in [7, 11) is 1.63. The average Bonchev–Trinajstić information content (AvgIpc) is 2.61. The molecule has 1 N–H and O–H groups in total. The molecule has 0 aliphatic carbocycles. The first-order valence-electron chi connectivity index (χ1n) is 7.91. The molecule has 2 aromatic rings. The fraction of sp³-hybridized carbons (Fsp3) is 0.316. The van der Waals surface area contributed by atoms with Gasteiger partial charge in [-0.25, -0.2) is 0 Å². The number of carbonyl (C=O) groups is 1. The molecular weight excluding hydrogens is 322 g/mol. The van der Waals surface area contributed by atoms with E-state index >= 15 is 0 Å². The van der Waals surface area contributed by atoms with Gasteiger partial charge in [-0.3, -0.25) is 4.79 Å². The van der Waals surface area contributed by atoms with Crippen LogP contribution in [0.2, 0.25) is 0 Å². The zero-order chi connectivity index (χ0) is 17.2. The number of benzene rings is 2. The molecule has 0 aliphatic heterocycles. The third-order valence-electron chi connectivity index (χ3n) is 3.31. The van der Waals surface area contributed by atoms with Crippen LogP contribution in [0.4, 0.5) is 0 Å². The van der Waals surface area contributed by atoms with Gasteiger partial charge in [0, 0.05) is 17.1 Å². The van der Waals surface area contributed by atoms with Crippen molar-refractivity contribution in [1.82, 2.24) is 5.32 Å². The highest BCUT2D eigenvalue weighted by Crippen LogP contribution is 2.18. The topological polar surface area (TPSA) is 47.6 Å². The van der Waals surface area contributed by atoms with Gasteiger partial charge in [0.25, 0.3) is 0 Å². The van der Waals surface area contributed by atoms with Gasteiger partial charge in [0.1, 0.15) is 18.1 Å². The van der Waals surface area contributed by atoms with Crippen molar-refractivity contribution >= 4 is 17.7 Å². The molecule has 0 radical (unpaired) electrons. The molecule has 1 amide bonds. The lowest BCUT2D eigenvalue weighted by Gasteiger charge is -2.15. The van der Waals surface area contributed by atoms with Crippen molar-refractivity contribution in [2.75, 3.05) is 19.5 Å². The molecule has 1 atom stereocenters. The van der Waals surface area contributed by atoms with Gasteiger partial charge in [0.15, 0.2) is 0 Å². The van der Waals surface area contributed by atoms with E-state index in [1.165, 1.54) is 4.90 Å². The van der Waals surface area contributed by atoms with E-state index < -0.39 is 0 Å². The Hall–Kier alpha value is -2.14. The van der Waals surface area contributed by atoms with E-state index in [-0.39, 0.29) is 11.9 Å². The van der Waals surface area contributed by atoms with E-state index in [4.69, 9.17) is 9.47 Å². The molecule has 4 nitrogen and oxygen atoms in total. The number of amides is 1. The predicted octanol–water partition coefficient (Wildman–Crippen LogP) is 3.76. The van der Waals surface area contributed by atoms with Gasteiger partial charge in [0.2, 0.25) is 5.91 Å². The number of ether oxygens (including phenoxy) is 2. The monoisotopic (exact) mass is 345 g/mol. The Morgan fingerprint density at radius 1 is 1.08 bits per heavy atom. The summed E-state index contributed by atoms with van der Waals surface area (Å²) < 4.78 is 10.8. The van der Waals surface area contributed by atoms with Gasteiger partial charge in [-0.05, 0) is 43.3 Å². The van der Waals surface area contributed by atoms with Crippen LogP contribution in [0.5, 0.6) is 11.5 Å². The van der Waals surface area contributed by atoms with Crippen LogP contribution in [0.15, 0.2) is 59.5 Å². The molecule has 2 aromatic carbocycles. The van der Waals surface area contributed by atoms with Gasteiger partial charge in [-0.2, -0.15) is 0 Å². The quantitative estimate of drug-likeness (QED) is 0.703. The summed E-state index contributed by atoms with van der Waals surface area (Å²) in [4.78, 5) is 13.1. The number of carbonyl (C=O) groups excluding carboxylic acids is 1. The van der Waals surface area contributed by atoms with E-state index in [0.29, 0.717) is 13.0 Å². The molecule has 0 saturated heterocycles. The Balaban J connectivity index is 1.63. The molecule has 0 saturated carbocycles. The summed E-state index contributed by atoms with van der Waals surface area (Å²) in [5.41, 5.74) is 0. The number of hydrogen-bond donors (Lipinski definition) is 1. The summed E-state index contributed by atoms with van der Waals surface area (Å²) in [5.74, 6) is 2.36. The summed E-state index contributed by atoms with van der Waals surface area (Å²) in [6.45, 7) is 2.37. The molecule has 0 aromatic heterocycles. The number of rotatable bonds is 9. The van der Waals surface area contributed by atoms with Crippen molar-refractivity contribution in [1.29, 1.82) is 0 Å². The van der Waals surface area contributed by atoms with Gasteiger partial charge in [-0.1, -0.05) is 18.2 Å². The van der Waals surface area contributed by atoms with Crippen LogP contribution < -0.4 is 14.8 Å². The Morgan fingerprint density at radius 3 is 2.42 bits per heavy atom. The molecule has 2 rings (SSSR count). The molecule has 24 heavy (non-hydrogen) atoms. The zero-order valence-corrected chi connectivity index (χ0v) is 14.8. The molecule has 0 unspecified atom stereocenters. The normalized spacial score (nSPS) is 11.6. The maximum absolute atomic E-state index is 11.9. The molecule has 0 aliphatic rings. The van der Waals surface area contributed by atoms with E-state index in [0.717, 1.165) is 17.3 Å². The van der Waals surface area contributed by atoms with E-state index in [1.807, 2.05) is 61.5 Å². The first-order valence-corrected chi connectivity index (χ1v) is 8.90. The van der Waals surface area contributed by atoms with Crippen LogP contribution in [0.3, 0.4) is 0 Å². The Bertz CT molecular complexity index is 616. The number of hydrogen-bond acceptors (Lipinski definition) is 4. The standard InChI is InChI=1S/C19H23NO3S/c1-15(14-23-17-10-8-16(22-2)9-11-17)20-19(21)12-13-24-18-6-4-3-5-7-18/h3-11,15H,12-14H2,1-2H3,(H,20,21)/t15-/m0/s1. The summed E-state index contributed by atoms with van der Waals surface area (Å²) >= 11 is 1.69. The van der Waals surface area contributed by atoms with Crippen molar-refractivity contribution in [2.45, 2.75) is 24.3 Å². The van der Waals surface area contributed by atoms with Crippen LogP contribution in [0.1, 0.15) is 13.3 Å². The number of thioether (sulfide) groups is 1. The van der Waals surface area contributed by atoms with Crippen molar-refractivity contribution in [2.24, 2.45) is 0 Å². The highest BCUT2D eigenvalue weighted by molar-refractivity contribution is 7.99. The fourth-order valence-corrected chi connectivity index (χ4v) is 2.93. The second-order valence-corrected chi connectivity index (χ2v) is 6.53. The van der Waals surface area contributed by atoms with E-state index in [9.17, 15) is 4.79 Å². The second-order valence-electron chi connectivity index (χ2n) is 5.37. The Labute approximate surface area is 147 Å². The molecular formula is C19H23NO3S. The molecule has 0 fully saturated rings. The maximum Gasteiger partial charge on any atom is 0.221 e. The van der Waals surface area contributed by atoms with Gasteiger partial charge < -0.3 is 14.8 Å². The predicted molar refractivity (Wildman–Crippen MR) is 97.9 cm³/mol. The lowest BCUT2D eigenvalue weighted by atomic mass is 10.3. The fourth-order valence-electron chi connectivity index (χ4n) is 2.06. The second kappa shape index (κ2) is 9.88. The van der Waals surface area contributed by atoms with Gasteiger partial charge in [0.05, 0.1) is 13.2 Å². The lowest BCUT2D eigenvalue weighted by Crippen LogP contribution is -2.36. The molecule has 128 valence electrons. The van der Waals surface area contributed by atoms with Crippen LogP contribution in [-0.2, 0) is 4.79 Å². The largest absolute Gasteiger partial charge is 0.497 e. The Kier molecular flexibility index (Phi) is 7.49.